The summed E-state index contributed by atoms with van der Waals surface area (Å²) in [5.74, 6) is 0. The molecule has 0 aromatic heterocycles. The van der Waals surface area contributed by atoms with Gasteiger partial charge in [0.15, 0.2) is 0 Å². The lowest BCUT2D eigenvalue weighted by atomic mass is 9.94. The average Bonchev–Trinajstić information content (AvgIpc) is 2.94. The summed E-state index contributed by atoms with van der Waals surface area (Å²) in [7, 11) is 0. The smallest absolute Gasteiger partial charge is 0.00130 e. The fourth-order valence-corrected chi connectivity index (χ4v) is 3.64. The van der Waals surface area contributed by atoms with Crippen molar-refractivity contribution in [3.63, 3.8) is 0 Å². The molecule has 0 unspecified atom stereocenters. The molecule has 0 bridgehead atoms. The summed E-state index contributed by atoms with van der Waals surface area (Å²) in [6, 6.07) is 27.4. The number of fused-ring (bicyclic) bond motifs is 7. The third kappa shape index (κ3) is 1.45. The number of rotatable bonds is 0. The number of hydrogen-bond acceptors (Lipinski definition) is 0. The molecule has 0 N–H and O–H groups in total. The van der Waals surface area contributed by atoms with Crippen LogP contribution in [0, 0.1) is 6.07 Å². The summed E-state index contributed by atoms with van der Waals surface area (Å²) in [4.78, 5) is 0. The molecular weight excluding hydrogens is 252 g/mol. The zero-order valence-corrected chi connectivity index (χ0v) is 11.6. The molecule has 4 aromatic carbocycles. The Morgan fingerprint density at radius 3 is 2.38 bits per heavy atom. The first-order chi connectivity index (χ1) is 10.4. The molecule has 1 radical (unpaired) electrons. The van der Waals surface area contributed by atoms with Gasteiger partial charge < -0.3 is 0 Å². The highest BCUT2D eigenvalue weighted by atomic mass is 14.3. The molecule has 0 saturated carbocycles. The fraction of sp³-hybridized carbons (Fsp3) is 0.0476. The van der Waals surface area contributed by atoms with Gasteiger partial charge in [0.1, 0.15) is 0 Å². The van der Waals surface area contributed by atoms with E-state index in [0.717, 1.165) is 6.42 Å². The molecule has 0 aliphatic heterocycles. The van der Waals surface area contributed by atoms with E-state index in [1.807, 2.05) is 6.07 Å². The van der Waals surface area contributed by atoms with E-state index in [-0.39, 0.29) is 0 Å². The summed E-state index contributed by atoms with van der Waals surface area (Å²) in [5.41, 5.74) is 5.67. The van der Waals surface area contributed by atoms with Crippen LogP contribution < -0.4 is 0 Å². The molecule has 0 amide bonds. The van der Waals surface area contributed by atoms with Gasteiger partial charge in [0.05, 0.1) is 0 Å². The maximum Gasteiger partial charge on any atom is -0.00130 e. The van der Waals surface area contributed by atoms with Gasteiger partial charge in [-0.05, 0) is 56.3 Å². The third-order valence-corrected chi connectivity index (χ3v) is 4.57. The molecule has 0 saturated heterocycles. The molecule has 0 spiro atoms. The molecule has 0 heterocycles. The lowest BCUT2D eigenvalue weighted by Crippen LogP contribution is -1.84. The van der Waals surface area contributed by atoms with E-state index in [0.29, 0.717) is 0 Å². The van der Waals surface area contributed by atoms with Gasteiger partial charge in [-0.3, -0.25) is 0 Å². The van der Waals surface area contributed by atoms with Crippen LogP contribution in [0.5, 0.6) is 0 Å². The maximum absolute atomic E-state index is 3.46. The first-order valence-electron chi connectivity index (χ1n) is 7.35. The fourth-order valence-electron chi connectivity index (χ4n) is 3.64. The largest absolute Gasteiger partial charge is 0.0616 e. The second-order valence-corrected chi connectivity index (χ2v) is 5.73. The van der Waals surface area contributed by atoms with Crippen LogP contribution >= 0.6 is 0 Å². The predicted molar refractivity (Wildman–Crippen MR) is 88.5 cm³/mol. The molecule has 1 aliphatic rings. The van der Waals surface area contributed by atoms with E-state index in [1.54, 1.807) is 0 Å². The Hall–Kier alpha value is -2.60. The standard InChI is InChI=1S/C21H13/c1-3-7-18-14(5-1)9-11-16-13-17-12-10-15-6-2-4-8-19(15)21(17)20(16)18/h1-7,9-12H,13H2. The normalized spacial score (nSPS) is 12.6. The third-order valence-electron chi connectivity index (χ3n) is 4.57. The summed E-state index contributed by atoms with van der Waals surface area (Å²) >= 11 is 0. The van der Waals surface area contributed by atoms with E-state index in [4.69, 9.17) is 0 Å². The van der Waals surface area contributed by atoms with E-state index in [2.05, 4.69) is 66.7 Å². The molecule has 0 heteroatoms. The Morgan fingerprint density at radius 2 is 1.43 bits per heavy atom. The van der Waals surface area contributed by atoms with Crippen molar-refractivity contribution in [1.82, 2.24) is 0 Å². The number of hydrogen-bond donors (Lipinski definition) is 0. The van der Waals surface area contributed by atoms with Crippen molar-refractivity contribution in [3.05, 3.63) is 83.9 Å². The van der Waals surface area contributed by atoms with Crippen LogP contribution in [0.3, 0.4) is 0 Å². The summed E-state index contributed by atoms with van der Waals surface area (Å²) < 4.78 is 0. The SMILES string of the molecule is [c]1cccc2ccc3c(c12)-c1c(ccc2ccccc12)C3. The van der Waals surface area contributed by atoms with Gasteiger partial charge in [0, 0.05) is 0 Å². The van der Waals surface area contributed by atoms with Crippen molar-refractivity contribution in [2.75, 3.05) is 0 Å². The zero-order valence-electron chi connectivity index (χ0n) is 11.6. The Labute approximate surface area is 123 Å². The molecule has 0 atom stereocenters. The van der Waals surface area contributed by atoms with Crippen LogP contribution in [0.25, 0.3) is 32.7 Å². The van der Waals surface area contributed by atoms with Crippen LogP contribution in [-0.2, 0) is 6.42 Å². The average molecular weight is 265 g/mol. The highest BCUT2D eigenvalue weighted by molar-refractivity contribution is 6.09. The van der Waals surface area contributed by atoms with Crippen molar-refractivity contribution < 1.29 is 0 Å². The van der Waals surface area contributed by atoms with Crippen molar-refractivity contribution in [2.24, 2.45) is 0 Å². The zero-order chi connectivity index (χ0) is 13.8. The summed E-state index contributed by atoms with van der Waals surface area (Å²) in [6.45, 7) is 0. The predicted octanol–water partition coefficient (Wildman–Crippen LogP) is 5.36. The summed E-state index contributed by atoms with van der Waals surface area (Å²) in [6.07, 6.45) is 1.04. The Bertz CT molecular complexity index is 926. The van der Waals surface area contributed by atoms with Gasteiger partial charge in [0.25, 0.3) is 0 Å². The van der Waals surface area contributed by atoms with Gasteiger partial charge in [-0.25, -0.2) is 0 Å². The molecule has 21 heavy (non-hydrogen) atoms. The highest BCUT2D eigenvalue weighted by Crippen LogP contribution is 2.44. The first-order valence-corrected chi connectivity index (χ1v) is 7.35. The molecule has 97 valence electrons. The molecule has 0 nitrogen and oxygen atoms in total. The van der Waals surface area contributed by atoms with E-state index in [9.17, 15) is 0 Å². The van der Waals surface area contributed by atoms with Gasteiger partial charge in [0.2, 0.25) is 0 Å². The Morgan fingerprint density at radius 1 is 0.667 bits per heavy atom. The van der Waals surface area contributed by atoms with E-state index < -0.39 is 0 Å². The highest BCUT2D eigenvalue weighted by Gasteiger charge is 2.22. The minimum Gasteiger partial charge on any atom is -0.0616 e. The van der Waals surface area contributed by atoms with Crippen molar-refractivity contribution in [2.45, 2.75) is 6.42 Å². The molecular formula is C21H13. The van der Waals surface area contributed by atoms with Crippen LogP contribution in [0.1, 0.15) is 11.1 Å². The minimum atomic E-state index is 1.04. The molecule has 5 rings (SSSR count). The van der Waals surface area contributed by atoms with Gasteiger partial charge in [-0.2, -0.15) is 0 Å². The van der Waals surface area contributed by atoms with E-state index >= 15 is 0 Å². The monoisotopic (exact) mass is 265 g/mol. The maximum atomic E-state index is 3.46. The van der Waals surface area contributed by atoms with E-state index in [1.165, 1.54) is 43.8 Å². The second kappa shape index (κ2) is 3.95. The lowest BCUT2D eigenvalue weighted by molar-refractivity contribution is 1.27. The second-order valence-electron chi connectivity index (χ2n) is 5.73. The van der Waals surface area contributed by atoms with Crippen LogP contribution in [-0.4, -0.2) is 0 Å². The quantitative estimate of drug-likeness (QED) is 0.353. The van der Waals surface area contributed by atoms with Crippen LogP contribution in [0.2, 0.25) is 0 Å². The van der Waals surface area contributed by atoms with Crippen molar-refractivity contribution in [1.29, 1.82) is 0 Å². The van der Waals surface area contributed by atoms with Crippen molar-refractivity contribution in [3.8, 4) is 11.1 Å². The minimum absolute atomic E-state index is 1.04. The topological polar surface area (TPSA) is 0 Å². The number of benzene rings is 4. The lowest BCUT2D eigenvalue weighted by Gasteiger charge is -2.09. The molecule has 0 fully saturated rings. The van der Waals surface area contributed by atoms with Gasteiger partial charge in [-0.1, -0.05) is 66.7 Å². The Balaban J connectivity index is 2.00. The Kier molecular flexibility index (Phi) is 2.09. The molecule has 1 aliphatic carbocycles. The van der Waals surface area contributed by atoms with Crippen LogP contribution in [0.4, 0.5) is 0 Å². The van der Waals surface area contributed by atoms with Crippen molar-refractivity contribution >= 4 is 21.5 Å². The van der Waals surface area contributed by atoms with Crippen LogP contribution in [0.15, 0.2) is 66.7 Å². The summed E-state index contributed by atoms with van der Waals surface area (Å²) in [5, 5.41) is 5.21. The van der Waals surface area contributed by atoms with Gasteiger partial charge in [-0.15, -0.1) is 0 Å². The molecule has 4 aromatic rings. The first kappa shape index (κ1) is 11.1. The van der Waals surface area contributed by atoms with Gasteiger partial charge >= 0.3 is 0 Å².